The predicted molar refractivity (Wildman–Crippen MR) is 88.7 cm³/mol. The summed E-state index contributed by atoms with van der Waals surface area (Å²) < 4.78 is 5.88. The number of thiophene rings is 1. The van der Waals surface area contributed by atoms with Gasteiger partial charge in [0.1, 0.15) is 5.75 Å². The highest BCUT2D eigenvalue weighted by atomic mass is 32.1. The summed E-state index contributed by atoms with van der Waals surface area (Å²) in [5.74, 6) is 0.603. The Morgan fingerprint density at radius 3 is 2.68 bits per heavy atom. The molecule has 1 saturated carbocycles. The van der Waals surface area contributed by atoms with Gasteiger partial charge in [-0.15, -0.1) is 11.3 Å². The molecule has 0 spiro atoms. The van der Waals surface area contributed by atoms with Crippen LogP contribution in [-0.2, 0) is 0 Å². The molecule has 0 bridgehead atoms. The number of rotatable bonds is 5. The van der Waals surface area contributed by atoms with Gasteiger partial charge in [-0.25, -0.2) is 5.43 Å². The van der Waals surface area contributed by atoms with Crippen LogP contribution in [0.15, 0.2) is 46.9 Å². The van der Waals surface area contributed by atoms with E-state index >= 15 is 0 Å². The highest BCUT2D eigenvalue weighted by Crippen LogP contribution is 2.24. The van der Waals surface area contributed by atoms with Crippen LogP contribution in [0.3, 0.4) is 0 Å². The van der Waals surface area contributed by atoms with Crippen LogP contribution >= 0.6 is 11.3 Å². The third-order valence-electron chi connectivity index (χ3n) is 3.62. The van der Waals surface area contributed by atoms with E-state index in [1.165, 1.54) is 12.8 Å². The Labute approximate surface area is 133 Å². The van der Waals surface area contributed by atoms with Crippen LogP contribution in [0.1, 0.15) is 40.9 Å². The lowest BCUT2D eigenvalue weighted by atomic mass is 10.2. The number of carbonyl (C=O) groups excluding carboxylic acids is 1. The first-order chi connectivity index (χ1) is 10.8. The number of carbonyl (C=O) groups is 1. The van der Waals surface area contributed by atoms with Gasteiger partial charge in [-0.2, -0.15) is 5.10 Å². The second-order valence-electron chi connectivity index (χ2n) is 5.26. The van der Waals surface area contributed by atoms with Crippen molar-refractivity contribution in [1.82, 2.24) is 5.43 Å². The Morgan fingerprint density at radius 2 is 2.00 bits per heavy atom. The lowest BCUT2D eigenvalue weighted by Gasteiger charge is -2.12. The Balaban J connectivity index is 1.54. The van der Waals surface area contributed by atoms with E-state index in [2.05, 4.69) is 10.5 Å². The number of nitrogens with zero attached hydrogens (tertiary/aromatic N) is 1. The number of nitrogens with one attached hydrogen (secondary N) is 1. The van der Waals surface area contributed by atoms with Crippen molar-refractivity contribution >= 4 is 23.5 Å². The van der Waals surface area contributed by atoms with Gasteiger partial charge in [-0.1, -0.05) is 6.07 Å². The Bertz CT molecular complexity index is 629. The van der Waals surface area contributed by atoms with Gasteiger partial charge in [-0.3, -0.25) is 4.79 Å². The number of benzene rings is 1. The van der Waals surface area contributed by atoms with E-state index in [0.717, 1.165) is 23.5 Å². The molecule has 4 nitrogen and oxygen atoms in total. The molecule has 0 saturated heterocycles. The monoisotopic (exact) mass is 314 g/mol. The van der Waals surface area contributed by atoms with Crippen LogP contribution in [0.2, 0.25) is 0 Å². The Hall–Kier alpha value is -2.14. The topological polar surface area (TPSA) is 50.7 Å². The average Bonchev–Trinajstić information content (AvgIpc) is 3.21. The highest BCUT2D eigenvalue weighted by Gasteiger charge is 2.16. The number of ether oxygens (including phenoxy) is 1. The van der Waals surface area contributed by atoms with Gasteiger partial charge in [0.05, 0.1) is 12.3 Å². The van der Waals surface area contributed by atoms with E-state index in [9.17, 15) is 4.79 Å². The van der Waals surface area contributed by atoms with Gasteiger partial charge in [-0.05, 0) is 61.4 Å². The first-order valence-electron chi connectivity index (χ1n) is 7.45. The summed E-state index contributed by atoms with van der Waals surface area (Å²) in [7, 11) is 0. The molecule has 1 aromatic carbocycles. The number of hydrogen-bond acceptors (Lipinski definition) is 4. The van der Waals surface area contributed by atoms with E-state index in [-0.39, 0.29) is 5.91 Å². The standard InChI is InChI=1S/C17H18N2O2S/c20-17(19-18-12-16-6-3-11-22-16)13-7-9-15(10-8-13)21-14-4-1-2-5-14/h3,6-12,14H,1-2,4-5H2,(H,19,20). The largest absolute Gasteiger partial charge is 0.490 e. The van der Waals surface area contributed by atoms with Gasteiger partial charge in [0.2, 0.25) is 0 Å². The van der Waals surface area contributed by atoms with Gasteiger partial charge >= 0.3 is 0 Å². The molecule has 22 heavy (non-hydrogen) atoms. The van der Waals surface area contributed by atoms with Crippen LogP contribution < -0.4 is 10.2 Å². The van der Waals surface area contributed by atoms with E-state index in [1.54, 1.807) is 29.7 Å². The summed E-state index contributed by atoms with van der Waals surface area (Å²) in [5, 5.41) is 5.91. The zero-order valence-corrected chi connectivity index (χ0v) is 13.0. The summed E-state index contributed by atoms with van der Waals surface area (Å²) in [6.45, 7) is 0. The number of hydrazone groups is 1. The quantitative estimate of drug-likeness (QED) is 0.673. The van der Waals surface area contributed by atoms with Gasteiger partial charge < -0.3 is 4.74 Å². The molecule has 1 aromatic heterocycles. The minimum atomic E-state index is -0.222. The number of amides is 1. The number of hydrogen-bond donors (Lipinski definition) is 1. The SMILES string of the molecule is O=C(NN=Cc1cccs1)c1ccc(OC2CCCC2)cc1. The van der Waals surface area contributed by atoms with Crippen molar-refractivity contribution in [2.45, 2.75) is 31.8 Å². The molecule has 0 unspecified atom stereocenters. The zero-order valence-electron chi connectivity index (χ0n) is 12.2. The highest BCUT2D eigenvalue weighted by molar-refractivity contribution is 7.11. The maximum Gasteiger partial charge on any atom is 0.271 e. The smallest absolute Gasteiger partial charge is 0.271 e. The molecule has 5 heteroatoms. The zero-order chi connectivity index (χ0) is 15.2. The third-order valence-corrected chi connectivity index (χ3v) is 4.43. The van der Waals surface area contributed by atoms with Gasteiger partial charge in [0.15, 0.2) is 0 Å². The fraction of sp³-hybridized carbons (Fsp3) is 0.294. The van der Waals surface area contributed by atoms with Crippen molar-refractivity contribution in [3.05, 3.63) is 52.2 Å². The molecule has 3 rings (SSSR count). The van der Waals surface area contributed by atoms with Crippen LogP contribution in [0, 0.1) is 0 Å². The second-order valence-corrected chi connectivity index (χ2v) is 6.24. The molecule has 1 aliphatic carbocycles. The maximum absolute atomic E-state index is 12.0. The molecule has 114 valence electrons. The Morgan fingerprint density at radius 1 is 1.23 bits per heavy atom. The first-order valence-corrected chi connectivity index (χ1v) is 8.33. The van der Waals surface area contributed by atoms with Crippen molar-refractivity contribution in [3.63, 3.8) is 0 Å². The van der Waals surface area contributed by atoms with Crippen LogP contribution in [-0.4, -0.2) is 18.2 Å². The molecular formula is C17H18N2O2S. The van der Waals surface area contributed by atoms with Crippen molar-refractivity contribution in [2.75, 3.05) is 0 Å². The molecule has 2 aromatic rings. The van der Waals surface area contributed by atoms with Gasteiger partial charge in [0.25, 0.3) is 5.91 Å². The van der Waals surface area contributed by atoms with Crippen molar-refractivity contribution in [2.24, 2.45) is 5.10 Å². The van der Waals surface area contributed by atoms with Crippen molar-refractivity contribution in [3.8, 4) is 5.75 Å². The lowest BCUT2D eigenvalue weighted by molar-refractivity contribution is 0.0955. The summed E-state index contributed by atoms with van der Waals surface area (Å²) in [6.07, 6.45) is 6.70. The van der Waals surface area contributed by atoms with E-state index in [0.29, 0.717) is 11.7 Å². The minimum Gasteiger partial charge on any atom is -0.490 e. The summed E-state index contributed by atoms with van der Waals surface area (Å²) in [4.78, 5) is 13.0. The fourth-order valence-electron chi connectivity index (χ4n) is 2.47. The van der Waals surface area contributed by atoms with E-state index < -0.39 is 0 Å². The van der Waals surface area contributed by atoms with E-state index in [1.807, 2.05) is 29.6 Å². The van der Waals surface area contributed by atoms with Crippen LogP contribution in [0.5, 0.6) is 5.75 Å². The summed E-state index contributed by atoms with van der Waals surface area (Å²) in [6, 6.07) is 11.1. The van der Waals surface area contributed by atoms with Crippen LogP contribution in [0.4, 0.5) is 0 Å². The van der Waals surface area contributed by atoms with Crippen molar-refractivity contribution < 1.29 is 9.53 Å². The first kappa shape index (κ1) is 14.8. The third kappa shape index (κ3) is 3.95. The van der Waals surface area contributed by atoms with E-state index in [4.69, 9.17) is 4.74 Å². The normalized spacial score (nSPS) is 15.3. The molecule has 1 fully saturated rings. The molecule has 1 N–H and O–H groups in total. The maximum atomic E-state index is 12.0. The lowest BCUT2D eigenvalue weighted by Crippen LogP contribution is -2.17. The van der Waals surface area contributed by atoms with Crippen molar-refractivity contribution in [1.29, 1.82) is 0 Å². The summed E-state index contributed by atoms with van der Waals surface area (Å²) in [5.41, 5.74) is 3.10. The van der Waals surface area contributed by atoms with Crippen LogP contribution in [0.25, 0.3) is 0 Å². The fourth-order valence-corrected chi connectivity index (χ4v) is 3.05. The summed E-state index contributed by atoms with van der Waals surface area (Å²) >= 11 is 1.57. The predicted octanol–water partition coefficient (Wildman–Crippen LogP) is 3.83. The Kier molecular flexibility index (Phi) is 4.85. The molecule has 1 aliphatic rings. The molecule has 0 radical (unpaired) electrons. The molecular weight excluding hydrogens is 296 g/mol. The van der Waals surface area contributed by atoms with Gasteiger partial charge in [0, 0.05) is 10.4 Å². The average molecular weight is 314 g/mol. The second kappa shape index (κ2) is 7.22. The molecule has 0 aliphatic heterocycles. The molecule has 1 amide bonds. The minimum absolute atomic E-state index is 0.222. The molecule has 0 atom stereocenters. The molecule has 1 heterocycles.